The third-order valence-corrected chi connectivity index (χ3v) is 4.41. The largest absolute Gasteiger partial charge is 0.449 e. The van der Waals surface area contributed by atoms with Crippen molar-refractivity contribution in [1.82, 2.24) is 0 Å². The molecule has 0 aromatic heterocycles. The lowest BCUT2D eigenvalue weighted by molar-refractivity contribution is -0.112. The highest BCUT2D eigenvalue weighted by Gasteiger charge is 2.38. The summed E-state index contributed by atoms with van der Waals surface area (Å²) in [6, 6.07) is 5.18. The van der Waals surface area contributed by atoms with Gasteiger partial charge in [0.05, 0.1) is 12.3 Å². The molecule has 4 nitrogen and oxygen atoms in total. The third kappa shape index (κ3) is 2.63. The average molecular weight is 320 g/mol. The second-order valence-electron chi connectivity index (χ2n) is 5.63. The van der Waals surface area contributed by atoms with Crippen LogP contribution >= 0.6 is 11.6 Å². The van der Waals surface area contributed by atoms with Gasteiger partial charge in [-0.3, -0.25) is 4.79 Å². The Morgan fingerprint density at radius 2 is 2.14 bits per heavy atom. The van der Waals surface area contributed by atoms with Gasteiger partial charge in [-0.1, -0.05) is 36.6 Å². The quantitative estimate of drug-likeness (QED) is 0.758. The molecular formula is C17H18ClNO3. The lowest BCUT2D eigenvalue weighted by Crippen LogP contribution is -2.34. The fourth-order valence-electron chi connectivity index (χ4n) is 3.15. The van der Waals surface area contributed by atoms with E-state index in [4.69, 9.17) is 16.3 Å². The zero-order valence-electron chi connectivity index (χ0n) is 12.5. The van der Waals surface area contributed by atoms with Crippen LogP contribution in [0.2, 0.25) is 5.02 Å². The fraction of sp³-hybridized carbons (Fsp3) is 0.412. The fourth-order valence-corrected chi connectivity index (χ4v) is 3.32. The Bertz CT molecular complexity index is 647. The number of allylic oxidation sites excluding steroid dienone is 1. The van der Waals surface area contributed by atoms with Crippen LogP contribution in [0.25, 0.3) is 5.57 Å². The second kappa shape index (κ2) is 6.13. The molecule has 1 saturated carbocycles. The minimum absolute atomic E-state index is 0.222. The van der Waals surface area contributed by atoms with E-state index in [9.17, 15) is 9.59 Å². The summed E-state index contributed by atoms with van der Waals surface area (Å²) in [4.78, 5) is 25.9. The summed E-state index contributed by atoms with van der Waals surface area (Å²) in [7, 11) is 0. The number of amides is 2. The predicted molar refractivity (Wildman–Crippen MR) is 85.9 cm³/mol. The van der Waals surface area contributed by atoms with Crippen LogP contribution in [-0.4, -0.2) is 18.6 Å². The van der Waals surface area contributed by atoms with E-state index in [0.29, 0.717) is 22.2 Å². The van der Waals surface area contributed by atoms with E-state index in [1.54, 1.807) is 25.1 Å². The van der Waals surface area contributed by atoms with E-state index in [1.807, 2.05) is 6.08 Å². The molecule has 0 saturated heterocycles. The minimum Gasteiger partial charge on any atom is -0.449 e. The van der Waals surface area contributed by atoms with Gasteiger partial charge >= 0.3 is 6.09 Å². The number of hydrogen-bond acceptors (Lipinski definition) is 3. The van der Waals surface area contributed by atoms with E-state index in [-0.39, 0.29) is 12.5 Å². The maximum absolute atomic E-state index is 12.7. The first-order valence-electron chi connectivity index (χ1n) is 7.64. The Balaban J connectivity index is 2.03. The van der Waals surface area contributed by atoms with Crippen molar-refractivity contribution in [3.05, 3.63) is 34.9 Å². The van der Waals surface area contributed by atoms with Crippen LogP contribution in [0.15, 0.2) is 24.3 Å². The molecule has 1 aliphatic carbocycles. The van der Waals surface area contributed by atoms with Gasteiger partial charge in [0.25, 0.3) is 5.91 Å². The van der Waals surface area contributed by atoms with Gasteiger partial charge in [0.1, 0.15) is 0 Å². The number of carbonyl (C=O) groups is 2. The van der Waals surface area contributed by atoms with Gasteiger partial charge in [0.15, 0.2) is 0 Å². The SMILES string of the molecule is CCOC(=O)N1C(=O)C(=CC2CCCC2)c2ccc(Cl)cc21. The molecule has 0 radical (unpaired) electrons. The molecule has 0 atom stereocenters. The third-order valence-electron chi connectivity index (χ3n) is 4.18. The molecule has 22 heavy (non-hydrogen) atoms. The average Bonchev–Trinajstić information content (AvgIpc) is 3.07. The molecule has 0 spiro atoms. The Hall–Kier alpha value is -1.81. The molecule has 2 amide bonds. The molecule has 1 aliphatic heterocycles. The highest BCUT2D eigenvalue weighted by Crippen LogP contribution is 2.40. The van der Waals surface area contributed by atoms with Gasteiger partial charge in [-0.25, -0.2) is 9.69 Å². The highest BCUT2D eigenvalue weighted by molar-refractivity contribution is 6.40. The van der Waals surface area contributed by atoms with Crippen molar-refractivity contribution in [1.29, 1.82) is 0 Å². The molecule has 3 rings (SSSR count). The maximum Gasteiger partial charge on any atom is 0.421 e. The zero-order chi connectivity index (χ0) is 15.7. The van der Waals surface area contributed by atoms with Crippen molar-refractivity contribution in [3.8, 4) is 0 Å². The van der Waals surface area contributed by atoms with Gasteiger partial charge < -0.3 is 4.74 Å². The monoisotopic (exact) mass is 319 g/mol. The molecule has 116 valence electrons. The predicted octanol–water partition coefficient (Wildman–Crippen LogP) is 4.42. The topological polar surface area (TPSA) is 46.6 Å². The van der Waals surface area contributed by atoms with Crippen molar-refractivity contribution in [2.45, 2.75) is 32.6 Å². The molecule has 1 aromatic rings. The number of fused-ring (bicyclic) bond motifs is 1. The highest BCUT2D eigenvalue weighted by atomic mass is 35.5. The summed E-state index contributed by atoms with van der Waals surface area (Å²) in [6.45, 7) is 1.94. The standard InChI is InChI=1S/C17H18ClNO3/c1-2-22-17(21)19-15-10-12(18)7-8-13(15)14(16(19)20)9-11-5-3-4-6-11/h7-11H,2-6H2,1H3. The number of hydrogen-bond donors (Lipinski definition) is 0. The molecule has 0 unspecified atom stereocenters. The summed E-state index contributed by atoms with van der Waals surface area (Å²) in [5, 5.41) is 0.489. The second-order valence-corrected chi connectivity index (χ2v) is 6.06. The van der Waals surface area contributed by atoms with Gasteiger partial charge in [0, 0.05) is 16.2 Å². The van der Waals surface area contributed by atoms with Crippen molar-refractivity contribution >= 4 is 34.9 Å². The number of benzene rings is 1. The molecule has 1 aromatic carbocycles. The molecular weight excluding hydrogens is 302 g/mol. The number of nitrogens with zero attached hydrogens (tertiary/aromatic N) is 1. The molecule has 5 heteroatoms. The molecule has 2 aliphatic rings. The first kappa shape index (κ1) is 15.1. The van der Waals surface area contributed by atoms with Gasteiger partial charge in [-0.15, -0.1) is 0 Å². The summed E-state index contributed by atoms with van der Waals surface area (Å²) in [5.41, 5.74) is 1.86. The first-order valence-corrected chi connectivity index (χ1v) is 8.02. The Morgan fingerprint density at radius 1 is 1.41 bits per heavy atom. The number of halogens is 1. The van der Waals surface area contributed by atoms with E-state index in [0.717, 1.165) is 23.3 Å². The first-order chi connectivity index (χ1) is 10.6. The van der Waals surface area contributed by atoms with Crippen molar-refractivity contribution in [2.24, 2.45) is 5.92 Å². The molecule has 1 fully saturated rings. The zero-order valence-corrected chi connectivity index (χ0v) is 13.2. The van der Waals surface area contributed by atoms with Gasteiger partial charge in [-0.05, 0) is 37.8 Å². The number of carbonyl (C=O) groups excluding carboxylic acids is 2. The Kier molecular flexibility index (Phi) is 4.21. The Labute approximate surface area is 134 Å². The van der Waals surface area contributed by atoms with Crippen LogP contribution < -0.4 is 4.90 Å². The van der Waals surface area contributed by atoms with Gasteiger partial charge in [0.2, 0.25) is 0 Å². The maximum atomic E-state index is 12.7. The van der Waals surface area contributed by atoms with E-state index in [2.05, 4.69) is 0 Å². The Morgan fingerprint density at radius 3 is 2.82 bits per heavy atom. The van der Waals surface area contributed by atoms with E-state index >= 15 is 0 Å². The number of imide groups is 1. The van der Waals surface area contributed by atoms with Crippen molar-refractivity contribution in [2.75, 3.05) is 11.5 Å². The lowest BCUT2D eigenvalue weighted by atomic mass is 10.00. The van der Waals surface area contributed by atoms with E-state index in [1.165, 1.54) is 12.8 Å². The van der Waals surface area contributed by atoms with Crippen LogP contribution in [0.5, 0.6) is 0 Å². The van der Waals surface area contributed by atoms with Crippen molar-refractivity contribution in [3.63, 3.8) is 0 Å². The van der Waals surface area contributed by atoms with Crippen LogP contribution in [-0.2, 0) is 9.53 Å². The van der Waals surface area contributed by atoms with Gasteiger partial charge in [-0.2, -0.15) is 0 Å². The summed E-state index contributed by atoms with van der Waals surface area (Å²) in [5.74, 6) is 0.0900. The van der Waals surface area contributed by atoms with Crippen LogP contribution in [0.3, 0.4) is 0 Å². The normalized spacial score (nSPS) is 19.8. The minimum atomic E-state index is -0.647. The van der Waals surface area contributed by atoms with Crippen molar-refractivity contribution < 1.29 is 14.3 Å². The molecule has 0 N–H and O–H groups in total. The van der Waals surface area contributed by atoms with Crippen LogP contribution in [0.1, 0.15) is 38.2 Å². The van der Waals surface area contributed by atoms with Crippen LogP contribution in [0, 0.1) is 5.92 Å². The summed E-state index contributed by atoms with van der Waals surface area (Å²) in [6.07, 6.45) is 5.94. The summed E-state index contributed by atoms with van der Waals surface area (Å²) < 4.78 is 5.01. The van der Waals surface area contributed by atoms with E-state index < -0.39 is 6.09 Å². The number of anilines is 1. The molecule has 0 bridgehead atoms. The molecule has 1 heterocycles. The summed E-state index contributed by atoms with van der Waals surface area (Å²) >= 11 is 6.03. The smallest absolute Gasteiger partial charge is 0.421 e. The van der Waals surface area contributed by atoms with Crippen LogP contribution in [0.4, 0.5) is 10.5 Å². The lowest BCUT2D eigenvalue weighted by Gasteiger charge is -2.14. The number of rotatable bonds is 2. The number of ether oxygens (including phenoxy) is 1.